The first-order chi connectivity index (χ1) is 6.27. The summed E-state index contributed by atoms with van der Waals surface area (Å²) < 4.78 is 0. The van der Waals surface area contributed by atoms with E-state index in [1.54, 1.807) is 0 Å². The van der Waals surface area contributed by atoms with Gasteiger partial charge in [-0.25, -0.2) is 0 Å². The highest BCUT2D eigenvalue weighted by Crippen LogP contribution is 2.12. The summed E-state index contributed by atoms with van der Waals surface area (Å²) in [4.78, 5) is 0. The molecular formula is C12H23NO. The lowest BCUT2D eigenvalue weighted by Crippen LogP contribution is -2.46. The predicted molar refractivity (Wildman–Crippen MR) is 61.1 cm³/mol. The molecule has 2 heteroatoms. The molecule has 0 amide bonds. The highest BCUT2D eigenvalue weighted by molar-refractivity contribution is 4.96. The fourth-order valence-electron chi connectivity index (χ4n) is 1.00. The van der Waals surface area contributed by atoms with Gasteiger partial charge in [0.1, 0.15) is 0 Å². The van der Waals surface area contributed by atoms with Crippen LogP contribution in [0.4, 0.5) is 0 Å². The Hall–Kier alpha value is -0.520. The number of rotatable bonds is 4. The monoisotopic (exact) mass is 197 g/mol. The summed E-state index contributed by atoms with van der Waals surface area (Å²) in [5.41, 5.74) is -0.600. The van der Waals surface area contributed by atoms with Crippen molar-refractivity contribution in [2.75, 3.05) is 6.54 Å². The zero-order chi connectivity index (χ0) is 11.2. The molecular weight excluding hydrogens is 174 g/mol. The molecule has 0 rings (SSSR count). The van der Waals surface area contributed by atoms with E-state index in [4.69, 9.17) is 0 Å². The molecule has 1 atom stereocenters. The van der Waals surface area contributed by atoms with Gasteiger partial charge in [-0.1, -0.05) is 0 Å². The van der Waals surface area contributed by atoms with Crippen molar-refractivity contribution in [3.8, 4) is 11.8 Å². The van der Waals surface area contributed by atoms with Gasteiger partial charge in [-0.2, -0.15) is 0 Å². The maximum absolute atomic E-state index is 9.97. The quantitative estimate of drug-likeness (QED) is 0.675. The van der Waals surface area contributed by atoms with Crippen LogP contribution in [0.1, 0.15) is 47.5 Å². The molecule has 0 spiro atoms. The summed E-state index contributed by atoms with van der Waals surface area (Å²) in [6.45, 7) is 10.6. The largest absolute Gasteiger partial charge is 0.389 e. The van der Waals surface area contributed by atoms with Crippen molar-refractivity contribution in [2.45, 2.75) is 58.6 Å². The first kappa shape index (κ1) is 13.5. The molecule has 1 unspecified atom stereocenters. The van der Waals surface area contributed by atoms with E-state index in [1.807, 2.05) is 13.8 Å². The van der Waals surface area contributed by atoms with E-state index in [9.17, 15) is 5.11 Å². The minimum Gasteiger partial charge on any atom is -0.389 e. The molecule has 0 fully saturated rings. The summed E-state index contributed by atoms with van der Waals surface area (Å²) >= 11 is 0. The fourth-order valence-corrected chi connectivity index (χ4v) is 1.00. The first-order valence-corrected chi connectivity index (χ1v) is 5.14. The summed E-state index contributed by atoms with van der Waals surface area (Å²) in [5.74, 6) is 5.79. The Morgan fingerprint density at radius 2 is 1.79 bits per heavy atom. The minimum absolute atomic E-state index is 0.0560. The molecule has 0 saturated heterocycles. The Kier molecular flexibility index (Phi) is 5.18. The molecule has 0 radical (unpaired) electrons. The molecule has 0 aromatic rings. The van der Waals surface area contributed by atoms with Gasteiger partial charge < -0.3 is 10.4 Å². The number of β-amino-alcohol motifs (C(OH)–C–C–N with tert-alkyl or cyclic N) is 1. The average molecular weight is 197 g/mol. The van der Waals surface area contributed by atoms with Gasteiger partial charge in [-0.3, -0.25) is 0 Å². The topological polar surface area (TPSA) is 32.3 Å². The highest BCUT2D eigenvalue weighted by Gasteiger charge is 2.21. The lowest BCUT2D eigenvalue weighted by atomic mass is 9.98. The predicted octanol–water partition coefficient (Wildman–Crippen LogP) is 1.93. The van der Waals surface area contributed by atoms with Crippen molar-refractivity contribution in [2.24, 2.45) is 0 Å². The number of hydrogen-bond acceptors (Lipinski definition) is 2. The van der Waals surface area contributed by atoms with Crippen molar-refractivity contribution in [3.05, 3.63) is 0 Å². The molecule has 14 heavy (non-hydrogen) atoms. The molecule has 2 N–H and O–H groups in total. The number of hydrogen-bond donors (Lipinski definition) is 2. The lowest BCUT2D eigenvalue weighted by Gasteiger charge is -2.29. The molecule has 0 bridgehead atoms. The van der Waals surface area contributed by atoms with E-state index in [1.165, 1.54) is 0 Å². The van der Waals surface area contributed by atoms with Crippen LogP contribution < -0.4 is 5.32 Å². The van der Waals surface area contributed by atoms with Gasteiger partial charge in [-0.15, -0.1) is 11.8 Å². The summed E-state index contributed by atoms with van der Waals surface area (Å²) in [6, 6.07) is 0. The van der Waals surface area contributed by atoms with Gasteiger partial charge in [0.05, 0.1) is 5.60 Å². The number of nitrogens with one attached hydrogen (secondary N) is 1. The Morgan fingerprint density at radius 3 is 2.21 bits per heavy atom. The van der Waals surface area contributed by atoms with Crippen molar-refractivity contribution < 1.29 is 5.11 Å². The molecule has 2 nitrogen and oxygen atoms in total. The number of aliphatic hydroxyl groups is 1. The van der Waals surface area contributed by atoms with Gasteiger partial charge in [0.15, 0.2) is 0 Å². The van der Waals surface area contributed by atoms with E-state index in [0.29, 0.717) is 6.54 Å². The Morgan fingerprint density at radius 1 is 1.21 bits per heavy atom. The third-order valence-corrected chi connectivity index (χ3v) is 1.96. The van der Waals surface area contributed by atoms with Gasteiger partial charge in [0.25, 0.3) is 0 Å². The van der Waals surface area contributed by atoms with Crippen LogP contribution >= 0.6 is 0 Å². The molecule has 0 aromatic carbocycles. The Balaban J connectivity index is 3.87. The molecule has 0 heterocycles. The normalized spacial score (nSPS) is 15.6. The molecule has 0 aromatic heterocycles. The third kappa shape index (κ3) is 8.10. The van der Waals surface area contributed by atoms with E-state index < -0.39 is 5.60 Å². The fraction of sp³-hybridized carbons (Fsp3) is 0.833. The first-order valence-electron chi connectivity index (χ1n) is 5.14. The molecule has 0 aliphatic rings. The van der Waals surface area contributed by atoms with E-state index >= 15 is 0 Å². The molecule has 0 aliphatic carbocycles. The van der Waals surface area contributed by atoms with Gasteiger partial charge >= 0.3 is 0 Å². The van der Waals surface area contributed by atoms with E-state index in [-0.39, 0.29) is 5.54 Å². The zero-order valence-corrected chi connectivity index (χ0v) is 10.1. The second-order valence-electron chi connectivity index (χ2n) is 5.03. The van der Waals surface area contributed by atoms with Crippen molar-refractivity contribution >= 4 is 0 Å². The van der Waals surface area contributed by atoms with Crippen LogP contribution in [-0.2, 0) is 0 Å². The lowest BCUT2D eigenvalue weighted by molar-refractivity contribution is 0.0460. The van der Waals surface area contributed by atoms with Crippen LogP contribution in [0.15, 0.2) is 0 Å². The highest BCUT2D eigenvalue weighted by atomic mass is 16.3. The average Bonchev–Trinajstić information content (AvgIpc) is 2.00. The van der Waals surface area contributed by atoms with Crippen molar-refractivity contribution in [1.82, 2.24) is 5.32 Å². The van der Waals surface area contributed by atoms with E-state index in [0.717, 1.165) is 12.8 Å². The Labute approximate surface area is 88.1 Å². The van der Waals surface area contributed by atoms with Crippen LogP contribution in [0.5, 0.6) is 0 Å². The summed E-state index contributed by atoms with van der Waals surface area (Å²) in [6.07, 6.45) is 1.48. The Bertz CT molecular complexity index is 215. The van der Waals surface area contributed by atoms with Crippen LogP contribution in [0.3, 0.4) is 0 Å². The third-order valence-electron chi connectivity index (χ3n) is 1.96. The van der Waals surface area contributed by atoms with Gasteiger partial charge in [0, 0.05) is 18.5 Å². The van der Waals surface area contributed by atoms with Crippen molar-refractivity contribution in [1.29, 1.82) is 0 Å². The smallest absolute Gasteiger partial charge is 0.0752 e. The standard InChI is InChI=1S/C12H23NO/c1-6-7-8-9-12(5,14)10-13-11(2,3)4/h13-14H,8-10H2,1-5H3. The minimum atomic E-state index is -0.656. The summed E-state index contributed by atoms with van der Waals surface area (Å²) in [5, 5.41) is 13.3. The van der Waals surface area contributed by atoms with Crippen LogP contribution in [0, 0.1) is 11.8 Å². The SMILES string of the molecule is CC#CCCC(C)(O)CNC(C)(C)C. The van der Waals surface area contributed by atoms with E-state index in [2.05, 4.69) is 37.9 Å². The summed E-state index contributed by atoms with van der Waals surface area (Å²) in [7, 11) is 0. The second kappa shape index (κ2) is 5.38. The maximum Gasteiger partial charge on any atom is 0.0752 e. The van der Waals surface area contributed by atoms with Crippen LogP contribution in [0.2, 0.25) is 0 Å². The molecule has 82 valence electrons. The van der Waals surface area contributed by atoms with Crippen molar-refractivity contribution in [3.63, 3.8) is 0 Å². The van der Waals surface area contributed by atoms with Crippen LogP contribution in [-0.4, -0.2) is 22.8 Å². The van der Waals surface area contributed by atoms with Gasteiger partial charge in [0.2, 0.25) is 0 Å². The maximum atomic E-state index is 9.97. The zero-order valence-electron chi connectivity index (χ0n) is 10.1. The molecule has 0 aliphatic heterocycles. The van der Waals surface area contributed by atoms with Gasteiger partial charge in [-0.05, 0) is 41.0 Å². The molecule has 0 saturated carbocycles. The van der Waals surface area contributed by atoms with Crippen LogP contribution in [0.25, 0.3) is 0 Å². The second-order valence-corrected chi connectivity index (χ2v) is 5.03.